The lowest BCUT2D eigenvalue weighted by molar-refractivity contribution is -0.145. The molecule has 0 fully saturated rings. The Morgan fingerprint density at radius 2 is 2.20 bits per heavy atom. The maximum Gasteiger partial charge on any atom is 0.322 e. The van der Waals surface area contributed by atoms with E-state index in [1.807, 2.05) is 6.92 Å². The van der Waals surface area contributed by atoms with Crippen molar-refractivity contribution < 1.29 is 9.53 Å². The summed E-state index contributed by atoms with van der Waals surface area (Å²) in [6.07, 6.45) is 0. The predicted octanol–water partition coefficient (Wildman–Crippen LogP) is 0.547. The lowest BCUT2D eigenvalue weighted by Crippen LogP contribution is -2.35. The third kappa shape index (κ3) is 3.45. The normalized spacial score (nSPS) is 12.7. The van der Waals surface area contributed by atoms with Gasteiger partial charge in [-0.15, -0.1) is 0 Å². The zero-order valence-electron chi connectivity index (χ0n) is 6.81. The fourth-order valence-electron chi connectivity index (χ4n) is 0.657. The Kier molecular flexibility index (Phi) is 4.94. The first kappa shape index (κ1) is 9.43. The monoisotopic (exact) mass is 145 g/mol. The summed E-state index contributed by atoms with van der Waals surface area (Å²) >= 11 is 0. The van der Waals surface area contributed by atoms with Crippen LogP contribution in [0.3, 0.4) is 0 Å². The molecule has 0 aliphatic heterocycles. The van der Waals surface area contributed by atoms with Crippen LogP contribution in [0.5, 0.6) is 0 Å². The second-order valence-corrected chi connectivity index (χ2v) is 2.03. The number of carbonyl (C=O) groups excluding carboxylic acids is 1. The first-order valence-electron chi connectivity index (χ1n) is 3.62. The zero-order chi connectivity index (χ0) is 7.98. The summed E-state index contributed by atoms with van der Waals surface area (Å²) in [5.41, 5.74) is 0. The van der Waals surface area contributed by atoms with Crippen LogP contribution in [0.15, 0.2) is 0 Å². The largest absolute Gasteiger partial charge is 0.465 e. The highest BCUT2D eigenvalue weighted by atomic mass is 16.5. The lowest BCUT2D eigenvalue weighted by atomic mass is 10.3. The molecule has 10 heavy (non-hydrogen) atoms. The molecule has 0 amide bonds. The fourth-order valence-corrected chi connectivity index (χ4v) is 0.657. The summed E-state index contributed by atoms with van der Waals surface area (Å²) in [6.45, 7) is 6.79. The van der Waals surface area contributed by atoms with Gasteiger partial charge in [0.1, 0.15) is 6.04 Å². The van der Waals surface area contributed by atoms with Crippen LogP contribution in [0.1, 0.15) is 20.8 Å². The Bertz CT molecular complexity index is 104. The van der Waals surface area contributed by atoms with Gasteiger partial charge < -0.3 is 10.1 Å². The van der Waals surface area contributed by atoms with Crippen LogP contribution in [0.4, 0.5) is 0 Å². The van der Waals surface area contributed by atoms with Crippen molar-refractivity contribution >= 4 is 5.97 Å². The van der Waals surface area contributed by atoms with Gasteiger partial charge in [-0.2, -0.15) is 0 Å². The van der Waals surface area contributed by atoms with E-state index in [9.17, 15) is 4.79 Å². The van der Waals surface area contributed by atoms with Crippen molar-refractivity contribution in [2.75, 3.05) is 13.2 Å². The van der Waals surface area contributed by atoms with E-state index in [0.717, 1.165) is 6.54 Å². The van der Waals surface area contributed by atoms with Crippen molar-refractivity contribution in [2.45, 2.75) is 26.8 Å². The highest BCUT2D eigenvalue weighted by Crippen LogP contribution is 1.85. The minimum Gasteiger partial charge on any atom is -0.465 e. The lowest BCUT2D eigenvalue weighted by Gasteiger charge is -2.09. The highest BCUT2D eigenvalue weighted by molar-refractivity contribution is 5.75. The molecular weight excluding hydrogens is 130 g/mol. The van der Waals surface area contributed by atoms with Crippen molar-refractivity contribution in [3.63, 3.8) is 0 Å². The molecule has 0 rings (SSSR count). The molecule has 3 nitrogen and oxygen atoms in total. The van der Waals surface area contributed by atoms with Gasteiger partial charge in [0.25, 0.3) is 0 Å². The molecule has 0 aromatic rings. The molecular formula is C7H15NO2. The van der Waals surface area contributed by atoms with Crippen LogP contribution < -0.4 is 5.32 Å². The molecule has 0 radical (unpaired) electrons. The summed E-state index contributed by atoms with van der Waals surface area (Å²) in [5.74, 6) is -0.177. The second kappa shape index (κ2) is 5.23. The van der Waals surface area contributed by atoms with Gasteiger partial charge in [0.15, 0.2) is 0 Å². The average molecular weight is 145 g/mol. The smallest absolute Gasteiger partial charge is 0.322 e. The third-order valence-corrected chi connectivity index (χ3v) is 1.15. The number of nitrogens with one attached hydrogen (secondary N) is 1. The van der Waals surface area contributed by atoms with Gasteiger partial charge >= 0.3 is 5.97 Å². The maximum atomic E-state index is 10.8. The summed E-state index contributed by atoms with van der Waals surface area (Å²) in [6, 6.07) is -0.176. The number of carbonyl (C=O) groups is 1. The molecule has 1 atom stereocenters. The summed E-state index contributed by atoms with van der Waals surface area (Å²) in [7, 11) is 0. The number of likely N-dealkylation sites (N-methyl/N-ethyl adjacent to an activating group) is 1. The third-order valence-electron chi connectivity index (χ3n) is 1.15. The highest BCUT2D eigenvalue weighted by Gasteiger charge is 2.10. The molecule has 1 N–H and O–H groups in total. The Labute approximate surface area is 61.8 Å². The number of ether oxygens (including phenoxy) is 1. The van der Waals surface area contributed by atoms with E-state index < -0.39 is 0 Å². The number of hydrogen-bond donors (Lipinski definition) is 1. The standard InChI is InChI=1S/C7H15NO2/c1-4-8-6(3)7(9)10-5-2/h6,8H,4-5H2,1-3H3/t6-/m0/s1. The van der Waals surface area contributed by atoms with Crippen molar-refractivity contribution in [1.82, 2.24) is 5.32 Å². The summed E-state index contributed by atoms with van der Waals surface area (Å²) in [5, 5.41) is 2.96. The molecule has 0 aromatic carbocycles. The SMILES string of the molecule is CCN[C@@H](C)C(=O)OCC. The minimum absolute atomic E-state index is 0.176. The van der Waals surface area contributed by atoms with Gasteiger partial charge in [0, 0.05) is 0 Å². The Morgan fingerprint density at radius 3 is 2.60 bits per heavy atom. The van der Waals surface area contributed by atoms with Crippen LogP contribution in [0, 0.1) is 0 Å². The van der Waals surface area contributed by atoms with E-state index in [2.05, 4.69) is 5.32 Å². The van der Waals surface area contributed by atoms with E-state index in [4.69, 9.17) is 4.74 Å². The summed E-state index contributed by atoms with van der Waals surface area (Å²) in [4.78, 5) is 10.8. The molecule has 0 heterocycles. The Morgan fingerprint density at radius 1 is 1.60 bits per heavy atom. The van der Waals surface area contributed by atoms with Gasteiger partial charge in [-0.25, -0.2) is 0 Å². The molecule has 0 saturated heterocycles. The molecule has 0 spiro atoms. The average Bonchev–Trinajstić information content (AvgIpc) is 1.89. The van der Waals surface area contributed by atoms with Gasteiger partial charge in [-0.1, -0.05) is 6.92 Å². The number of hydrogen-bond acceptors (Lipinski definition) is 3. The zero-order valence-corrected chi connectivity index (χ0v) is 6.81. The molecule has 0 saturated carbocycles. The van der Waals surface area contributed by atoms with Crippen LogP contribution >= 0.6 is 0 Å². The van der Waals surface area contributed by atoms with E-state index in [0.29, 0.717) is 6.61 Å². The molecule has 60 valence electrons. The first-order valence-corrected chi connectivity index (χ1v) is 3.62. The van der Waals surface area contributed by atoms with E-state index in [1.54, 1.807) is 13.8 Å². The van der Waals surface area contributed by atoms with Crippen LogP contribution in [0.2, 0.25) is 0 Å². The van der Waals surface area contributed by atoms with Crippen LogP contribution in [0.25, 0.3) is 0 Å². The Hall–Kier alpha value is -0.570. The van der Waals surface area contributed by atoms with Crippen molar-refractivity contribution in [1.29, 1.82) is 0 Å². The Balaban J connectivity index is 3.49. The number of rotatable bonds is 4. The quantitative estimate of drug-likeness (QED) is 0.587. The van der Waals surface area contributed by atoms with E-state index in [1.165, 1.54) is 0 Å². The first-order chi connectivity index (χ1) is 4.72. The molecule has 0 bridgehead atoms. The van der Waals surface area contributed by atoms with Crippen molar-refractivity contribution in [3.8, 4) is 0 Å². The molecule has 0 aliphatic carbocycles. The molecule has 0 aromatic heterocycles. The van der Waals surface area contributed by atoms with E-state index >= 15 is 0 Å². The summed E-state index contributed by atoms with van der Waals surface area (Å²) < 4.78 is 4.75. The maximum absolute atomic E-state index is 10.8. The second-order valence-electron chi connectivity index (χ2n) is 2.03. The minimum atomic E-state index is -0.177. The van der Waals surface area contributed by atoms with Gasteiger partial charge in [0.05, 0.1) is 6.61 Å². The van der Waals surface area contributed by atoms with Crippen LogP contribution in [-0.2, 0) is 9.53 Å². The van der Waals surface area contributed by atoms with Crippen molar-refractivity contribution in [2.24, 2.45) is 0 Å². The number of esters is 1. The van der Waals surface area contributed by atoms with Gasteiger partial charge in [-0.3, -0.25) is 4.79 Å². The predicted molar refractivity (Wildman–Crippen MR) is 39.8 cm³/mol. The van der Waals surface area contributed by atoms with Crippen LogP contribution in [-0.4, -0.2) is 25.2 Å². The van der Waals surface area contributed by atoms with Crippen molar-refractivity contribution in [3.05, 3.63) is 0 Å². The molecule has 0 aliphatic rings. The molecule has 0 unspecified atom stereocenters. The van der Waals surface area contributed by atoms with Gasteiger partial charge in [0.2, 0.25) is 0 Å². The topological polar surface area (TPSA) is 38.3 Å². The van der Waals surface area contributed by atoms with E-state index in [-0.39, 0.29) is 12.0 Å². The molecule has 3 heteroatoms. The van der Waals surface area contributed by atoms with Gasteiger partial charge in [-0.05, 0) is 20.4 Å². The fraction of sp³-hybridized carbons (Fsp3) is 0.857.